The zero-order chi connectivity index (χ0) is 16.7. The summed E-state index contributed by atoms with van der Waals surface area (Å²) in [7, 11) is 0. The van der Waals surface area contributed by atoms with Gasteiger partial charge in [-0.2, -0.15) is 0 Å². The van der Waals surface area contributed by atoms with Crippen molar-refractivity contribution < 1.29 is 9.53 Å². The summed E-state index contributed by atoms with van der Waals surface area (Å²) in [6.07, 6.45) is 1.66. The third kappa shape index (κ3) is 5.51. The molecular weight excluding hydrogens is 335 g/mol. The van der Waals surface area contributed by atoms with Crippen LogP contribution >= 0.6 is 23.2 Å². The molecule has 1 amide bonds. The molecule has 0 radical (unpaired) electrons. The molecule has 0 aromatic heterocycles. The van der Waals surface area contributed by atoms with Crippen LogP contribution in [0.4, 0.5) is 11.4 Å². The topological polar surface area (TPSA) is 50.4 Å². The summed E-state index contributed by atoms with van der Waals surface area (Å²) >= 11 is 11.8. The van der Waals surface area contributed by atoms with E-state index < -0.39 is 0 Å². The van der Waals surface area contributed by atoms with Gasteiger partial charge in [-0.15, -0.1) is 0 Å². The highest BCUT2D eigenvalue weighted by Crippen LogP contribution is 2.24. The number of amides is 1. The predicted octanol–water partition coefficient (Wildman–Crippen LogP) is 4.61. The van der Waals surface area contributed by atoms with Crippen LogP contribution in [0.3, 0.4) is 0 Å². The van der Waals surface area contributed by atoms with Crippen LogP contribution < -0.4 is 15.4 Å². The first-order valence-corrected chi connectivity index (χ1v) is 7.66. The highest BCUT2D eigenvalue weighted by atomic mass is 35.5. The zero-order valence-corrected chi connectivity index (χ0v) is 13.8. The Bertz CT molecular complexity index is 684. The first kappa shape index (κ1) is 17.2. The van der Waals surface area contributed by atoms with Crippen LogP contribution in [0.5, 0.6) is 5.75 Å². The Kier molecular flexibility index (Phi) is 6.32. The van der Waals surface area contributed by atoms with Crippen molar-refractivity contribution in [3.63, 3.8) is 0 Å². The number of hydrogen-bond donors (Lipinski definition) is 2. The molecule has 0 fully saturated rings. The molecular formula is C17H16Cl2N2O2. The van der Waals surface area contributed by atoms with Gasteiger partial charge < -0.3 is 15.4 Å². The molecule has 0 saturated heterocycles. The van der Waals surface area contributed by atoms with Crippen LogP contribution in [0.15, 0.2) is 55.1 Å². The molecule has 0 heterocycles. The molecule has 0 atom stereocenters. The van der Waals surface area contributed by atoms with Crippen LogP contribution in [0, 0.1) is 0 Å². The maximum absolute atomic E-state index is 12.0. The SMILES string of the molecule is C=CCOc1ccccc1NCC(=O)Nc1cc(Cl)cc(Cl)c1. The first-order chi connectivity index (χ1) is 11.1. The minimum Gasteiger partial charge on any atom is -0.487 e. The molecule has 0 aliphatic rings. The number of anilines is 2. The number of benzene rings is 2. The maximum atomic E-state index is 12.0. The van der Waals surface area contributed by atoms with Crippen LogP contribution in [-0.4, -0.2) is 19.1 Å². The fourth-order valence-corrected chi connectivity index (χ4v) is 2.42. The maximum Gasteiger partial charge on any atom is 0.243 e. The molecule has 0 aliphatic carbocycles. The number of hydrogen-bond acceptors (Lipinski definition) is 3. The summed E-state index contributed by atoms with van der Waals surface area (Å²) in [5, 5.41) is 6.69. The number of rotatable bonds is 7. The van der Waals surface area contributed by atoms with Gasteiger partial charge in [-0.1, -0.05) is 48.0 Å². The lowest BCUT2D eigenvalue weighted by molar-refractivity contribution is -0.114. The van der Waals surface area contributed by atoms with Crippen molar-refractivity contribution in [2.75, 3.05) is 23.8 Å². The van der Waals surface area contributed by atoms with Crippen molar-refractivity contribution in [1.82, 2.24) is 0 Å². The van der Waals surface area contributed by atoms with E-state index in [1.54, 1.807) is 24.3 Å². The van der Waals surface area contributed by atoms with E-state index in [0.29, 0.717) is 28.1 Å². The van der Waals surface area contributed by atoms with Crippen LogP contribution in [-0.2, 0) is 4.79 Å². The van der Waals surface area contributed by atoms with Crippen molar-refractivity contribution in [3.05, 3.63) is 65.2 Å². The van der Waals surface area contributed by atoms with Crippen LogP contribution in [0.2, 0.25) is 10.0 Å². The van der Waals surface area contributed by atoms with E-state index in [1.165, 1.54) is 0 Å². The summed E-state index contributed by atoms with van der Waals surface area (Å²) < 4.78 is 5.52. The number of ether oxygens (including phenoxy) is 1. The lowest BCUT2D eigenvalue weighted by Crippen LogP contribution is -2.22. The van der Waals surface area contributed by atoms with Gasteiger partial charge in [0, 0.05) is 15.7 Å². The summed E-state index contributed by atoms with van der Waals surface area (Å²) in [6.45, 7) is 4.09. The lowest BCUT2D eigenvalue weighted by atomic mass is 10.3. The van der Waals surface area contributed by atoms with E-state index in [4.69, 9.17) is 27.9 Å². The second-order valence-corrected chi connectivity index (χ2v) is 5.53. The first-order valence-electron chi connectivity index (χ1n) is 6.91. The normalized spacial score (nSPS) is 10.0. The summed E-state index contributed by atoms with van der Waals surface area (Å²) in [5.74, 6) is 0.438. The number of nitrogens with one attached hydrogen (secondary N) is 2. The van der Waals surface area contributed by atoms with Gasteiger partial charge in [-0.05, 0) is 30.3 Å². The Hall–Kier alpha value is -2.17. The van der Waals surface area contributed by atoms with Crippen molar-refractivity contribution in [2.24, 2.45) is 0 Å². The standard InChI is InChI=1S/C17H16Cl2N2O2/c1-2-7-23-16-6-4-3-5-15(16)20-11-17(22)21-14-9-12(18)8-13(19)10-14/h2-6,8-10,20H,1,7,11H2,(H,21,22). The highest BCUT2D eigenvalue weighted by molar-refractivity contribution is 6.35. The summed E-state index contributed by atoms with van der Waals surface area (Å²) in [4.78, 5) is 12.0. The minimum absolute atomic E-state index is 0.0819. The number of para-hydroxylation sites is 2. The van der Waals surface area contributed by atoms with E-state index in [9.17, 15) is 4.79 Å². The summed E-state index contributed by atoms with van der Waals surface area (Å²) in [6, 6.07) is 12.2. The van der Waals surface area contributed by atoms with Gasteiger partial charge >= 0.3 is 0 Å². The van der Waals surface area contributed by atoms with E-state index in [0.717, 1.165) is 5.69 Å². The van der Waals surface area contributed by atoms with Gasteiger partial charge in [0.1, 0.15) is 12.4 Å². The molecule has 0 aliphatic heterocycles. The highest BCUT2D eigenvalue weighted by Gasteiger charge is 2.07. The Morgan fingerprint density at radius 1 is 1.17 bits per heavy atom. The van der Waals surface area contributed by atoms with Crippen LogP contribution in [0.1, 0.15) is 0 Å². The molecule has 2 N–H and O–H groups in total. The molecule has 120 valence electrons. The van der Waals surface area contributed by atoms with Gasteiger partial charge in [0.25, 0.3) is 0 Å². The largest absolute Gasteiger partial charge is 0.487 e. The molecule has 0 spiro atoms. The zero-order valence-electron chi connectivity index (χ0n) is 12.3. The van der Waals surface area contributed by atoms with Crippen LogP contribution in [0.25, 0.3) is 0 Å². The fourth-order valence-electron chi connectivity index (χ4n) is 1.89. The Labute approximate surface area is 145 Å². The van der Waals surface area contributed by atoms with Gasteiger partial charge in [0.05, 0.1) is 12.2 Å². The van der Waals surface area contributed by atoms with Crippen molar-refractivity contribution in [2.45, 2.75) is 0 Å². The van der Waals surface area contributed by atoms with Gasteiger partial charge in [0.15, 0.2) is 0 Å². The molecule has 2 aromatic rings. The van der Waals surface area contributed by atoms with Crippen molar-refractivity contribution in [1.29, 1.82) is 0 Å². The molecule has 2 aromatic carbocycles. The van der Waals surface area contributed by atoms with Gasteiger partial charge in [0.2, 0.25) is 5.91 Å². The van der Waals surface area contributed by atoms with E-state index in [2.05, 4.69) is 17.2 Å². The van der Waals surface area contributed by atoms with Crippen molar-refractivity contribution in [3.8, 4) is 5.75 Å². The second-order valence-electron chi connectivity index (χ2n) is 4.66. The average Bonchev–Trinajstić information content (AvgIpc) is 2.50. The lowest BCUT2D eigenvalue weighted by Gasteiger charge is -2.12. The fraction of sp³-hybridized carbons (Fsp3) is 0.118. The second kappa shape index (κ2) is 8.46. The van der Waals surface area contributed by atoms with Gasteiger partial charge in [-0.3, -0.25) is 4.79 Å². The minimum atomic E-state index is -0.221. The number of halogens is 2. The van der Waals surface area contributed by atoms with E-state index >= 15 is 0 Å². The monoisotopic (exact) mass is 350 g/mol. The Morgan fingerprint density at radius 2 is 1.87 bits per heavy atom. The van der Waals surface area contributed by atoms with Crippen molar-refractivity contribution >= 4 is 40.5 Å². The molecule has 4 nitrogen and oxygen atoms in total. The third-order valence-electron chi connectivity index (χ3n) is 2.83. The number of carbonyl (C=O) groups excluding carboxylic acids is 1. The predicted molar refractivity (Wildman–Crippen MR) is 95.7 cm³/mol. The smallest absolute Gasteiger partial charge is 0.243 e. The Balaban J connectivity index is 1.95. The molecule has 23 heavy (non-hydrogen) atoms. The molecule has 6 heteroatoms. The molecule has 0 saturated carbocycles. The van der Waals surface area contributed by atoms with E-state index in [-0.39, 0.29) is 12.5 Å². The summed E-state index contributed by atoms with van der Waals surface area (Å²) in [5.41, 5.74) is 1.28. The third-order valence-corrected chi connectivity index (χ3v) is 3.27. The molecule has 0 unspecified atom stereocenters. The molecule has 0 bridgehead atoms. The van der Waals surface area contributed by atoms with E-state index in [1.807, 2.05) is 24.3 Å². The number of carbonyl (C=O) groups is 1. The Morgan fingerprint density at radius 3 is 2.57 bits per heavy atom. The quantitative estimate of drug-likeness (QED) is 0.717. The average molecular weight is 351 g/mol. The molecule has 2 rings (SSSR count). The van der Waals surface area contributed by atoms with Gasteiger partial charge in [-0.25, -0.2) is 0 Å².